The van der Waals surface area contributed by atoms with E-state index in [-0.39, 0.29) is 18.1 Å². The van der Waals surface area contributed by atoms with Gasteiger partial charge in [-0.3, -0.25) is 4.79 Å². The van der Waals surface area contributed by atoms with Crippen molar-refractivity contribution in [2.24, 2.45) is 5.73 Å². The number of nitrogens with two attached hydrogens (primary N) is 1. The van der Waals surface area contributed by atoms with E-state index in [4.69, 9.17) is 5.73 Å². The van der Waals surface area contributed by atoms with Crippen LogP contribution >= 0.6 is 0 Å². The van der Waals surface area contributed by atoms with Crippen molar-refractivity contribution >= 4 is 5.91 Å². The normalized spacial score (nSPS) is 13.9. The summed E-state index contributed by atoms with van der Waals surface area (Å²) in [5.74, 6) is 0.0760. The molecule has 0 bridgehead atoms. The number of carbonyl (C=O) groups is 1. The highest BCUT2D eigenvalue weighted by Gasteiger charge is 2.12. The van der Waals surface area contributed by atoms with Gasteiger partial charge in [-0.05, 0) is 25.3 Å². The molecule has 2 unspecified atom stereocenters. The first-order valence-electron chi connectivity index (χ1n) is 6.73. The van der Waals surface area contributed by atoms with Crippen LogP contribution in [-0.2, 0) is 4.79 Å². The van der Waals surface area contributed by atoms with Gasteiger partial charge in [0, 0.05) is 26.1 Å². The lowest BCUT2D eigenvalue weighted by molar-refractivity contribution is -0.130. The predicted octanol–water partition coefficient (Wildman–Crippen LogP) is 1.70. The van der Waals surface area contributed by atoms with Crippen molar-refractivity contribution in [2.75, 3.05) is 13.6 Å². The number of carbonyl (C=O) groups excluding carboxylic acids is 1. The lowest BCUT2D eigenvalue weighted by Gasteiger charge is -2.19. The second kappa shape index (κ2) is 7.92. The Morgan fingerprint density at radius 3 is 2.53 bits per heavy atom. The average molecular weight is 264 g/mol. The molecule has 1 rings (SSSR count). The molecule has 0 fully saturated rings. The molecule has 1 aromatic rings. The first-order valence-corrected chi connectivity index (χ1v) is 6.73. The largest absolute Gasteiger partial charge is 0.393 e. The van der Waals surface area contributed by atoms with Crippen LogP contribution in [0.1, 0.15) is 37.8 Å². The van der Waals surface area contributed by atoms with Crippen molar-refractivity contribution in [2.45, 2.75) is 38.3 Å². The second-order valence-corrected chi connectivity index (χ2v) is 5.01. The van der Waals surface area contributed by atoms with Crippen LogP contribution in [0.4, 0.5) is 0 Å². The Bertz CT molecular complexity index is 379. The molecule has 0 spiro atoms. The fourth-order valence-corrected chi connectivity index (χ4v) is 1.84. The lowest BCUT2D eigenvalue weighted by atomic mass is 10.0. The van der Waals surface area contributed by atoms with Crippen LogP contribution in [-0.4, -0.2) is 35.6 Å². The topological polar surface area (TPSA) is 66.6 Å². The summed E-state index contributed by atoms with van der Waals surface area (Å²) in [6, 6.07) is 9.71. The zero-order valence-electron chi connectivity index (χ0n) is 11.7. The first kappa shape index (κ1) is 15.7. The first-order chi connectivity index (χ1) is 9.00. The van der Waals surface area contributed by atoms with E-state index in [0.29, 0.717) is 25.8 Å². The SMILES string of the molecule is CC(O)CCN(C)C(=O)CCC(N)c1ccccc1. The maximum absolute atomic E-state index is 11.9. The minimum absolute atomic E-state index is 0.0760. The van der Waals surface area contributed by atoms with E-state index >= 15 is 0 Å². The Morgan fingerprint density at radius 1 is 1.32 bits per heavy atom. The van der Waals surface area contributed by atoms with E-state index in [1.807, 2.05) is 30.3 Å². The van der Waals surface area contributed by atoms with Crippen LogP contribution < -0.4 is 5.73 Å². The monoisotopic (exact) mass is 264 g/mol. The van der Waals surface area contributed by atoms with Gasteiger partial charge in [-0.25, -0.2) is 0 Å². The molecular formula is C15H24N2O2. The molecule has 0 saturated heterocycles. The minimum Gasteiger partial charge on any atom is -0.393 e. The average Bonchev–Trinajstić information content (AvgIpc) is 2.42. The van der Waals surface area contributed by atoms with Gasteiger partial charge in [-0.15, -0.1) is 0 Å². The number of nitrogens with zero attached hydrogens (tertiary/aromatic N) is 1. The van der Waals surface area contributed by atoms with Crippen LogP contribution in [0, 0.1) is 0 Å². The summed E-state index contributed by atoms with van der Waals surface area (Å²) in [7, 11) is 1.76. The molecule has 3 N–H and O–H groups in total. The molecule has 4 nitrogen and oxygen atoms in total. The second-order valence-electron chi connectivity index (χ2n) is 5.01. The van der Waals surface area contributed by atoms with Crippen LogP contribution in [0.2, 0.25) is 0 Å². The molecule has 106 valence electrons. The van der Waals surface area contributed by atoms with Crippen LogP contribution in [0.5, 0.6) is 0 Å². The summed E-state index contributed by atoms with van der Waals surface area (Å²) in [4.78, 5) is 13.5. The van der Waals surface area contributed by atoms with Crippen molar-refractivity contribution in [1.29, 1.82) is 0 Å². The van der Waals surface area contributed by atoms with Crippen molar-refractivity contribution in [3.8, 4) is 0 Å². The van der Waals surface area contributed by atoms with Crippen molar-refractivity contribution in [3.05, 3.63) is 35.9 Å². The van der Waals surface area contributed by atoms with Gasteiger partial charge in [-0.2, -0.15) is 0 Å². The minimum atomic E-state index is -0.373. The van der Waals surface area contributed by atoms with Gasteiger partial charge < -0.3 is 15.7 Å². The summed E-state index contributed by atoms with van der Waals surface area (Å²) in [6.07, 6.45) is 1.31. The van der Waals surface area contributed by atoms with Gasteiger partial charge in [0.1, 0.15) is 0 Å². The van der Waals surface area contributed by atoms with E-state index < -0.39 is 0 Å². The molecule has 4 heteroatoms. The number of benzene rings is 1. The Labute approximate surface area is 115 Å². The van der Waals surface area contributed by atoms with E-state index in [9.17, 15) is 9.90 Å². The summed E-state index contributed by atoms with van der Waals surface area (Å²) in [5.41, 5.74) is 7.11. The van der Waals surface area contributed by atoms with E-state index in [1.165, 1.54) is 0 Å². The van der Waals surface area contributed by atoms with Crippen LogP contribution in [0.25, 0.3) is 0 Å². The predicted molar refractivity (Wildman–Crippen MR) is 76.5 cm³/mol. The van der Waals surface area contributed by atoms with Gasteiger partial charge in [0.25, 0.3) is 0 Å². The van der Waals surface area contributed by atoms with E-state index in [1.54, 1.807) is 18.9 Å². The zero-order chi connectivity index (χ0) is 14.3. The third-order valence-electron chi connectivity index (χ3n) is 3.20. The molecule has 1 amide bonds. The highest BCUT2D eigenvalue weighted by molar-refractivity contribution is 5.75. The van der Waals surface area contributed by atoms with Gasteiger partial charge in [0.05, 0.1) is 6.10 Å². The van der Waals surface area contributed by atoms with Gasteiger partial charge in [-0.1, -0.05) is 30.3 Å². The van der Waals surface area contributed by atoms with Gasteiger partial charge in [0.15, 0.2) is 0 Å². The molecule has 19 heavy (non-hydrogen) atoms. The molecular weight excluding hydrogens is 240 g/mol. The Kier molecular flexibility index (Phi) is 6.53. The molecule has 2 atom stereocenters. The Balaban J connectivity index is 2.33. The number of amides is 1. The van der Waals surface area contributed by atoms with Crippen LogP contribution in [0.3, 0.4) is 0 Å². The summed E-state index contributed by atoms with van der Waals surface area (Å²) >= 11 is 0. The number of aliphatic hydroxyl groups excluding tert-OH is 1. The maximum Gasteiger partial charge on any atom is 0.222 e. The van der Waals surface area contributed by atoms with Crippen molar-refractivity contribution in [3.63, 3.8) is 0 Å². The van der Waals surface area contributed by atoms with Crippen molar-refractivity contribution < 1.29 is 9.90 Å². The Morgan fingerprint density at radius 2 is 1.95 bits per heavy atom. The van der Waals surface area contributed by atoms with E-state index in [0.717, 1.165) is 5.56 Å². The highest BCUT2D eigenvalue weighted by atomic mass is 16.3. The molecule has 0 aliphatic heterocycles. The number of hydrogen-bond acceptors (Lipinski definition) is 3. The molecule has 0 heterocycles. The fourth-order valence-electron chi connectivity index (χ4n) is 1.84. The molecule has 0 radical (unpaired) electrons. The Hall–Kier alpha value is -1.39. The quantitative estimate of drug-likeness (QED) is 0.787. The van der Waals surface area contributed by atoms with Crippen molar-refractivity contribution in [1.82, 2.24) is 4.90 Å². The zero-order valence-corrected chi connectivity index (χ0v) is 11.7. The van der Waals surface area contributed by atoms with E-state index in [2.05, 4.69) is 0 Å². The van der Waals surface area contributed by atoms with Crippen LogP contribution in [0.15, 0.2) is 30.3 Å². The smallest absolute Gasteiger partial charge is 0.222 e. The number of rotatable bonds is 7. The molecule has 1 aromatic carbocycles. The molecule has 0 aromatic heterocycles. The molecule has 0 aliphatic carbocycles. The summed E-state index contributed by atoms with van der Waals surface area (Å²) < 4.78 is 0. The molecule has 0 aliphatic rings. The number of hydrogen-bond donors (Lipinski definition) is 2. The third kappa shape index (κ3) is 5.85. The van der Waals surface area contributed by atoms with Gasteiger partial charge in [0.2, 0.25) is 5.91 Å². The standard InChI is InChI=1S/C15H24N2O2/c1-12(18)10-11-17(2)15(19)9-8-14(16)13-6-4-3-5-7-13/h3-7,12,14,18H,8-11,16H2,1-2H3. The maximum atomic E-state index is 11.9. The van der Waals surface area contributed by atoms with Gasteiger partial charge >= 0.3 is 0 Å². The lowest BCUT2D eigenvalue weighted by Crippen LogP contribution is -2.30. The summed E-state index contributed by atoms with van der Waals surface area (Å²) in [5, 5.41) is 9.19. The highest BCUT2D eigenvalue weighted by Crippen LogP contribution is 2.15. The fraction of sp³-hybridized carbons (Fsp3) is 0.533. The third-order valence-corrected chi connectivity index (χ3v) is 3.20. The summed E-state index contributed by atoms with van der Waals surface area (Å²) in [6.45, 7) is 2.31. The number of aliphatic hydroxyl groups is 1. The molecule has 0 saturated carbocycles.